The number of fused-ring (bicyclic) bond motifs is 1. The van der Waals surface area contributed by atoms with Gasteiger partial charge in [0, 0.05) is 9.58 Å². The van der Waals surface area contributed by atoms with Gasteiger partial charge in [0.15, 0.2) is 0 Å². The van der Waals surface area contributed by atoms with E-state index >= 15 is 0 Å². The molecule has 0 unspecified atom stereocenters. The Labute approximate surface area is 85.4 Å². The number of aromatic hydroxyl groups is 1. The molecule has 2 rings (SSSR count). The van der Waals surface area contributed by atoms with Crippen molar-refractivity contribution in [2.24, 2.45) is 0 Å². The zero-order chi connectivity index (χ0) is 9.42. The van der Waals surface area contributed by atoms with Crippen molar-refractivity contribution < 1.29 is 5.11 Å². The van der Waals surface area contributed by atoms with Crippen molar-refractivity contribution in [3.63, 3.8) is 0 Å². The van der Waals surface area contributed by atoms with Crippen LogP contribution < -0.4 is 0 Å². The van der Waals surface area contributed by atoms with Crippen LogP contribution in [0.1, 0.15) is 4.88 Å². The molecule has 0 radical (unpaired) electrons. The van der Waals surface area contributed by atoms with E-state index in [4.69, 9.17) is 0 Å². The molecule has 1 heterocycles. The molecule has 0 atom stereocenters. The average molecular weight is 210 g/mol. The Bertz CT molecular complexity index is 445. The van der Waals surface area contributed by atoms with Crippen molar-refractivity contribution in [3.05, 3.63) is 23.1 Å². The Morgan fingerprint density at radius 2 is 2.08 bits per heavy atom. The summed E-state index contributed by atoms with van der Waals surface area (Å²) in [6.07, 6.45) is 1.97. The van der Waals surface area contributed by atoms with Gasteiger partial charge in [-0.3, -0.25) is 0 Å². The Hall–Kier alpha value is -0.670. The number of hydrogen-bond acceptors (Lipinski definition) is 3. The molecule has 1 N–H and O–H groups in total. The molecule has 2 aromatic rings. The van der Waals surface area contributed by atoms with Crippen LogP contribution in [0.25, 0.3) is 10.1 Å². The summed E-state index contributed by atoms with van der Waals surface area (Å²) in [6.45, 7) is 2.08. The first-order valence-electron chi connectivity index (χ1n) is 3.98. The van der Waals surface area contributed by atoms with E-state index in [1.807, 2.05) is 18.4 Å². The maximum absolute atomic E-state index is 9.60. The summed E-state index contributed by atoms with van der Waals surface area (Å²) in [7, 11) is 0. The lowest BCUT2D eigenvalue weighted by Gasteiger charge is -1.99. The van der Waals surface area contributed by atoms with Gasteiger partial charge in [-0.2, -0.15) is 0 Å². The predicted molar refractivity (Wildman–Crippen MR) is 60.0 cm³/mol. The molecule has 0 bridgehead atoms. The van der Waals surface area contributed by atoms with Gasteiger partial charge in [0.2, 0.25) is 0 Å². The molecule has 0 aliphatic carbocycles. The monoisotopic (exact) mass is 210 g/mol. The fourth-order valence-electron chi connectivity index (χ4n) is 1.35. The number of phenolic OH excluding ortho intramolecular Hbond substituents is 1. The van der Waals surface area contributed by atoms with Crippen molar-refractivity contribution >= 4 is 33.2 Å². The van der Waals surface area contributed by atoms with Crippen LogP contribution in [-0.2, 0) is 0 Å². The molecule has 3 heteroatoms. The van der Waals surface area contributed by atoms with E-state index in [0.29, 0.717) is 5.75 Å². The molecular formula is C10H10OS2. The Morgan fingerprint density at radius 3 is 2.77 bits per heavy atom. The summed E-state index contributed by atoms with van der Waals surface area (Å²) < 4.78 is 1.25. The third-order valence-electron chi connectivity index (χ3n) is 1.94. The van der Waals surface area contributed by atoms with E-state index in [0.717, 1.165) is 10.3 Å². The number of hydrogen-bond donors (Lipinski definition) is 1. The number of phenols is 1. The van der Waals surface area contributed by atoms with E-state index < -0.39 is 0 Å². The molecule has 1 aromatic carbocycles. The van der Waals surface area contributed by atoms with E-state index in [-0.39, 0.29) is 0 Å². The predicted octanol–water partition coefficient (Wildman–Crippen LogP) is 3.64. The molecule has 0 fully saturated rings. The van der Waals surface area contributed by atoms with Gasteiger partial charge < -0.3 is 5.11 Å². The minimum atomic E-state index is 0.387. The van der Waals surface area contributed by atoms with Gasteiger partial charge in [-0.15, -0.1) is 23.1 Å². The minimum Gasteiger partial charge on any atom is -0.507 e. The first-order valence-corrected chi connectivity index (χ1v) is 6.02. The van der Waals surface area contributed by atoms with Crippen LogP contribution in [0.2, 0.25) is 0 Å². The summed E-state index contributed by atoms with van der Waals surface area (Å²) in [6, 6.07) is 5.99. The van der Waals surface area contributed by atoms with Crippen LogP contribution in [0.3, 0.4) is 0 Å². The van der Waals surface area contributed by atoms with Gasteiger partial charge in [-0.05, 0) is 36.8 Å². The molecule has 0 aliphatic rings. The maximum atomic E-state index is 9.60. The van der Waals surface area contributed by atoms with Gasteiger partial charge >= 0.3 is 0 Å². The van der Waals surface area contributed by atoms with Crippen LogP contribution >= 0.6 is 23.1 Å². The molecule has 1 nitrogen and oxygen atoms in total. The summed E-state index contributed by atoms with van der Waals surface area (Å²) in [4.78, 5) is 2.24. The first-order chi connectivity index (χ1) is 6.20. The SMILES string of the molecule is CSc1cc2sc(C)cc2cc1O. The second-order valence-electron chi connectivity index (χ2n) is 2.92. The van der Waals surface area contributed by atoms with E-state index in [9.17, 15) is 5.11 Å². The molecular weight excluding hydrogens is 200 g/mol. The van der Waals surface area contributed by atoms with Crippen molar-refractivity contribution in [2.75, 3.05) is 6.26 Å². The van der Waals surface area contributed by atoms with E-state index in [1.165, 1.54) is 9.58 Å². The minimum absolute atomic E-state index is 0.387. The van der Waals surface area contributed by atoms with E-state index in [2.05, 4.69) is 13.0 Å². The largest absolute Gasteiger partial charge is 0.507 e. The van der Waals surface area contributed by atoms with Crippen LogP contribution in [0.15, 0.2) is 23.1 Å². The fourth-order valence-corrected chi connectivity index (χ4v) is 2.88. The van der Waals surface area contributed by atoms with Crippen LogP contribution in [0.4, 0.5) is 0 Å². The highest BCUT2D eigenvalue weighted by atomic mass is 32.2. The maximum Gasteiger partial charge on any atom is 0.129 e. The Morgan fingerprint density at radius 1 is 1.31 bits per heavy atom. The van der Waals surface area contributed by atoms with Crippen LogP contribution in [-0.4, -0.2) is 11.4 Å². The number of thioether (sulfide) groups is 1. The Balaban J connectivity index is 2.72. The number of rotatable bonds is 1. The van der Waals surface area contributed by atoms with Gasteiger partial charge in [0.25, 0.3) is 0 Å². The average Bonchev–Trinajstić information content (AvgIpc) is 2.42. The molecule has 0 saturated carbocycles. The van der Waals surface area contributed by atoms with E-state index in [1.54, 1.807) is 23.1 Å². The Kier molecular flexibility index (Phi) is 2.22. The molecule has 1 aromatic heterocycles. The zero-order valence-electron chi connectivity index (χ0n) is 7.50. The third kappa shape index (κ3) is 1.54. The second kappa shape index (κ2) is 3.24. The van der Waals surface area contributed by atoms with Crippen molar-refractivity contribution in [1.82, 2.24) is 0 Å². The van der Waals surface area contributed by atoms with Gasteiger partial charge in [0.05, 0.1) is 4.90 Å². The summed E-state index contributed by atoms with van der Waals surface area (Å²) >= 11 is 3.34. The standard InChI is InChI=1S/C10H10OS2/c1-6-3-7-4-8(11)10(12-2)5-9(7)13-6/h3-5,11H,1-2H3. The van der Waals surface area contributed by atoms with Gasteiger partial charge in [0.1, 0.15) is 5.75 Å². The van der Waals surface area contributed by atoms with Crippen molar-refractivity contribution in [2.45, 2.75) is 11.8 Å². The fraction of sp³-hybridized carbons (Fsp3) is 0.200. The summed E-state index contributed by atoms with van der Waals surface area (Å²) in [5.41, 5.74) is 0. The van der Waals surface area contributed by atoms with Crippen LogP contribution in [0, 0.1) is 6.92 Å². The molecule has 0 spiro atoms. The number of benzene rings is 1. The van der Waals surface area contributed by atoms with Gasteiger partial charge in [-0.1, -0.05) is 0 Å². The van der Waals surface area contributed by atoms with Crippen molar-refractivity contribution in [1.29, 1.82) is 0 Å². The molecule has 68 valence electrons. The molecule has 0 amide bonds. The highest BCUT2D eigenvalue weighted by Gasteiger charge is 2.04. The topological polar surface area (TPSA) is 20.2 Å². The first kappa shape index (κ1) is 8.91. The molecule has 0 saturated heterocycles. The van der Waals surface area contributed by atoms with Crippen molar-refractivity contribution in [3.8, 4) is 5.75 Å². The highest BCUT2D eigenvalue weighted by Crippen LogP contribution is 2.35. The second-order valence-corrected chi connectivity index (χ2v) is 5.05. The van der Waals surface area contributed by atoms with Crippen LogP contribution in [0.5, 0.6) is 5.75 Å². The lowest BCUT2D eigenvalue weighted by molar-refractivity contribution is 0.463. The highest BCUT2D eigenvalue weighted by molar-refractivity contribution is 7.98. The number of aryl methyl sites for hydroxylation is 1. The quantitative estimate of drug-likeness (QED) is 0.725. The number of thiophene rings is 1. The summed E-state index contributed by atoms with van der Waals surface area (Å²) in [5, 5.41) is 10.7. The molecule has 13 heavy (non-hydrogen) atoms. The third-order valence-corrected chi connectivity index (χ3v) is 3.72. The lowest BCUT2D eigenvalue weighted by atomic mass is 10.2. The zero-order valence-corrected chi connectivity index (χ0v) is 9.13. The normalized spacial score (nSPS) is 10.9. The lowest BCUT2D eigenvalue weighted by Crippen LogP contribution is -1.71. The smallest absolute Gasteiger partial charge is 0.129 e. The van der Waals surface area contributed by atoms with Gasteiger partial charge in [-0.25, -0.2) is 0 Å². The molecule has 0 aliphatic heterocycles. The summed E-state index contributed by atoms with van der Waals surface area (Å²) in [5.74, 6) is 0.387.